The molecule has 0 spiro atoms. The third-order valence-electron chi connectivity index (χ3n) is 2.82. The number of hydrogen-bond donors (Lipinski definition) is 0. The number of aromatic nitrogens is 2. The average Bonchev–Trinajstić information content (AvgIpc) is 2.82. The van der Waals surface area contributed by atoms with E-state index in [0.29, 0.717) is 0 Å². The van der Waals surface area contributed by atoms with Crippen LogP contribution in [-0.2, 0) is 26.3 Å². The van der Waals surface area contributed by atoms with Crippen LogP contribution in [0.25, 0.3) is 16.6 Å². The summed E-state index contributed by atoms with van der Waals surface area (Å²) in [4.78, 5) is 0. The molecule has 0 fully saturated rings. The summed E-state index contributed by atoms with van der Waals surface area (Å²) < 4.78 is 39.5. The van der Waals surface area contributed by atoms with Gasteiger partial charge in [0.1, 0.15) is 0 Å². The van der Waals surface area contributed by atoms with Crippen LogP contribution >= 0.6 is 0 Å². The van der Waals surface area contributed by atoms with Gasteiger partial charge in [0.25, 0.3) is 0 Å². The van der Waals surface area contributed by atoms with Crippen LogP contribution in [-0.4, -0.2) is 9.78 Å². The molecule has 0 saturated heterocycles. The van der Waals surface area contributed by atoms with Crippen LogP contribution < -0.4 is 0 Å². The maximum atomic E-state index is 12.7. The summed E-state index contributed by atoms with van der Waals surface area (Å²) in [5.74, 6) is 0. The van der Waals surface area contributed by atoms with E-state index in [4.69, 9.17) is 0 Å². The number of hydrogen-bond acceptors (Lipinski definition) is 1. The van der Waals surface area contributed by atoms with Crippen molar-refractivity contribution in [2.24, 2.45) is 0 Å². The van der Waals surface area contributed by atoms with Gasteiger partial charge < -0.3 is 0 Å². The number of nitrogens with zero attached hydrogens (tertiary/aromatic N) is 2. The molecule has 2 nitrogen and oxygen atoms in total. The number of benzene rings is 2. The van der Waals surface area contributed by atoms with Crippen LogP contribution in [0, 0.1) is 6.07 Å². The molecular weight excluding hydrogens is 445 g/mol. The second kappa shape index (κ2) is 5.38. The summed E-state index contributed by atoms with van der Waals surface area (Å²) in [7, 11) is 0. The smallest absolute Gasteiger partial charge is 0.258 e. The molecule has 0 aliphatic heterocycles. The fraction of sp³-hybridized carbons (Fsp3) is 0.0714. The van der Waals surface area contributed by atoms with E-state index >= 15 is 0 Å². The van der Waals surface area contributed by atoms with Gasteiger partial charge in [0, 0.05) is 25.5 Å². The van der Waals surface area contributed by atoms with Crippen LogP contribution in [0.2, 0.25) is 0 Å². The maximum absolute atomic E-state index is 12.7. The van der Waals surface area contributed by atoms with E-state index in [0.717, 1.165) is 23.0 Å². The first-order valence-electron chi connectivity index (χ1n) is 5.58. The zero-order chi connectivity index (χ0) is 13.5. The molecule has 2 aromatic carbocycles. The van der Waals surface area contributed by atoms with E-state index in [2.05, 4.69) is 11.2 Å². The Morgan fingerprint density at radius 1 is 1.10 bits per heavy atom. The molecule has 0 atom stereocenters. The normalized spacial score (nSPS) is 11.3. The quantitative estimate of drug-likeness (QED) is 0.512. The summed E-state index contributed by atoms with van der Waals surface area (Å²) in [5.41, 5.74) is 0.315. The van der Waals surface area contributed by atoms with Gasteiger partial charge in [0.05, 0.1) is 11.7 Å². The van der Waals surface area contributed by atoms with Crippen LogP contribution in [0.4, 0.5) is 13.2 Å². The van der Waals surface area contributed by atoms with Crippen LogP contribution in [0.1, 0.15) is 5.56 Å². The first kappa shape index (κ1) is 14.8. The predicted molar refractivity (Wildman–Crippen MR) is 64.9 cm³/mol. The first-order chi connectivity index (χ1) is 9.05. The Morgan fingerprint density at radius 2 is 1.85 bits per heavy atom. The first-order valence-corrected chi connectivity index (χ1v) is 5.58. The topological polar surface area (TPSA) is 17.8 Å². The van der Waals surface area contributed by atoms with E-state index in [9.17, 15) is 13.2 Å². The molecule has 105 valence electrons. The summed E-state index contributed by atoms with van der Waals surface area (Å²) >= 11 is 0. The van der Waals surface area contributed by atoms with E-state index in [1.54, 1.807) is 12.3 Å². The summed E-state index contributed by atoms with van der Waals surface area (Å²) in [6, 6.07) is 13.4. The van der Waals surface area contributed by atoms with Gasteiger partial charge in [-0.1, -0.05) is 23.8 Å². The third-order valence-corrected chi connectivity index (χ3v) is 2.82. The Bertz CT molecular complexity index is 734. The van der Waals surface area contributed by atoms with Gasteiger partial charge in [-0.05, 0) is 11.8 Å². The van der Waals surface area contributed by atoms with Gasteiger partial charge in [-0.3, -0.25) is 4.68 Å². The molecule has 0 unspecified atom stereocenters. The van der Waals surface area contributed by atoms with Crippen molar-refractivity contribution in [1.29, 1.82) is 0 Å². The van der Waals surface area contributed by atoms with Crippen molar-refractivity contribution in [1.82, 2.24) is 9.78 Å². The molecule has 0 saturated carbocycles. The second-order valence-electron chi connectivity index (χ2n) is 4.08. The molecule has 1 aromatic heterocycles. The average molecular weight is 453 g/mol. The van der Waals surface area contributed by atoms with E-state index in [-0.39, 0.29) is 25.8 Å². The molecular formula is C14H8F3IrN2-. The van der Waals surface area contributed by atoms with Gasteiger partial charge in [-0.25, -0.2) is 0 Å². The number of halogens is 3. The molecule has 0 aliphatic rings. The minimum absolute atomic E-state index is 0. The van der Waals surface area contributed by atoms with Gasteiger partial charge in [0.2, 0.25) is 0 Å². The van der Waals surface area contributed by atoms with Crippen molar-refractivity contribution in [2.75, 3.05) is 0 Å². The number of fused-ring (bicyclic) bond motifs is 1. The Hall–Kier alpha value is -1.65. The van der Waals surface area contributed by atoms with Crippen molar-refractivity contribution < 1.29 is 33.3 Å². The number of alkyl halides is 3. The van der Waals surface area contributed by atoms with Crippen molar-refractivity contribution in [3.8, 4) is 5.69 Å². The molecule has 3 rings (SSSR count). The zero-order valence-electron chi connectivity index (χ0n) is 9.98. The molecule has 0 N–H and O–H groups in total. The van der Waals surface area contributed by atoms with E-state index in [1.165, 1.54) is 10.7 Å². The predicted octanol–water partition coefficient (Wildman–Crippen LogP) is 3.84. The number of para-hydroxylation sites is 1. The van der Waals surface area contributed by atoms with Crippen LogP contribution in [0.3, 0.4) is 0 Å². The van der Waals surface area contributed by atoms with Crippen molar-refractivity contribution in [3.05, 3.63) is 60.3 Å². The van der Waals surface area contributed by atoms with Gasteiger partial charge in [-0.15, -0.1) is 6.07 Å². The molecule has 20 heavy (non-hydrogen) atoms. The zero-order valence-corrected chi connectivity index (χ0v) is 12.4. The molecule has 3 aromatic rings. The molecule has 1 heterocycles. The molecule has 0 aliphatic carbocycles. The fourth-order valence-corrected chi connectivity index (χ4v) is 1.92. The minimum Gasteiger partial charge on any atom is -0.258 e. The minimum atomic E-state index is -4.37. The Labute approximate surface area is 126 Å². The Kier molecular flexibility index (Phi) is 3.97. The van der Waals surface area contributed by atoms with Gasteiger partial charge >= 0.3 is 6.18 Å². The number of rotatable bonds is 1. The van der Waals surface area contributed by atoms with Crippen molar-refractivity contribution in [3.63, 3.8) is 0 Å². The standard InChI is InChI=1S/C14H8F3N2.Ir/c15-14(16,17)11-5-3-6-12(8-11)19-13-7-2-1-4-10(13)9-18-19;/h1-5,7-9H;/q-1;. The Morgan fingerprint density at radius 3 is 2.60 bits per heavy atom. The van der Waals surface area contributed by atoms with Crippen molar-refractivity contribution in [2.45, 2.75) is 6.18 Å². The largest absolute Gasteiger partial charge is 0.394 e. The third kappa shape index (κ3) is 2.62. The Balaban J connectivity index is 0.00000147. The molecule has 6 heteroatoms. The van der Waals surface area contributed by atoms with Crippen molar-refractivity contribution >= 4 is 10.9 Å². The van der Waals surface area contributed by atoms with Gasteiger partial charge in [-0.2, -0.15) is 36.5 Å². The summed E-state index contributed by atoms with van der Waals surface area (Å²) in [6.07, 6.45) is -2.75. The molecule has 1 radical (unpaired) electrons. The molecule has 0 bridgehead atoms. The monoisotopic (exact) mass is 454 g/mol. The van der Waals surface area contributed by atoms with Gasteiger partial charge in [0.15, 0.2) is 0 Å². The van der Waals surface area contributed by atoms with E-state index < -0.39 is 11.7 Å². The molecule has 0 amide bonds. The maximum Gasteiger partial charge on any atom is 0.394 e. The summed E-state index contributed by atoms with van der Waals surface area (Å²) in [5, 5.41) is 4.98. The fourth-order valence-electron chi connectivity index (χ4n) is 1.92. The SMILES string of the molecule is FC(F)(F)c1cc[c-]c(-n2ncc3ccccc32)c1.[Ir]. The van der Waals surface area contributed by atoms with Crippen LogP contribution in [0.15, 0.2) is 48.7 Å². The van der Waals surface area contributed by atoms with E-state index in [1.807, 2.05) is 18.2 Å². The summed E-state index contributed by atoms with van der Waals surface area (Å²) in [6.45, 7) is 0. The second-order valence-corrected chi connectivity index (χ2v) is 4.08. The van der Waals surface area contributed by atoms with Crippen LogP contribution in [0.5, 0.6) is 0 Å².